The minimum Gasteiger partial charge on any atom is -0.338 e. The van der Waals surface area contributed by atoms with Gasteiger partial charge in [0.2, 0.25) is 0 Å². The number of rotatable bonds is 4. The van der Waals surface area contributed by atoms with Gasteiger partial charge in [0.25, 0.3) is 5.91 Å². The van der Waals surface area contributed by atoms with Crippen LogP contribution in [-0.2, 0) is 6.42 Å². The van der Waals surface area contributed by atoms with Crippen molar-refractivity contribution in [2.24, 2.45) is 11.8 Å². The molecule has 0 saturated carbocycles. The Morgan fingerprint density at radius 1 is 1.21 bits per heavy atom. The number of thiazole rings is 1. The number of carbonyl (C=O) groups excluding carboxylic acids is 1. The molecule has 2 saturated heterocycles. The lowest BCUT2D eigenvalue weighted by atomic mass is 9.81. The fourth-order valence-corrected chi connectivity index (χ4v) is 5.55. The first kappa shape index (κ1) is 18.7. The average Bonchev–Trinajstić information content (AvgIpc) is 3.43. The van der Waals surface area contributed by atoms with Gasteiger partial charge in [-0.05, 0) is 54.9 Å². The van der Waals surface area contributed by atoms with Gasteiger partial charge in [0.1, 0.15) is 0 Å². The van der Waals surface area contributed by atoms with Gasteiger partial charge in [-0.3, -0.25) is 15.6 Å². The van der Waals surface area contributed by atoms with E-state index in [2.05, 4.69) is 51.1 Å². The van der Waals surface area contributed by atoms with Crippen LogP contribution in [0.25, 0.3) is 10.2 Å². The molecular weight excluding hydrogens is 380 g/mol. The van der Waals surface area contributed by atoms with E-state index in [1.54, 1.807) is 11.3 Å². The van der Waals surface area contributed by atoms with E-state index in [0.717, 1.165) is 48.3 Å². The number of likely N-dealkylation sites (tertiary alicyclic amines) is 1. The van der Waals surface area contributed by atoms with Crippen LogP contribution in [0.3, 0.4) is 0 Å². The van der Waals surface area contributed by atoms with Crippen LogP contribution in [0.1, 0.15) is 28.8 Å². The summed E-state index contributed by atoms with van der Waals surface area (Å²) in [5.41, 5.74) is 11.9. The molecule has 5 rings (SSSR count). The number of hydrazine groups is 1. The van der Waals surface area contributed by atoms with E-state index < -0.39 is 0 Å². The molecule has 0 spiro atoms. The summed E-state index contributed by atoms with van der Waals surface area (Å²) >= 11 is 1.59. The monoisotopic (exact) mass is 406 g/mol. The lowest BCUT2D eigenvalue weighted by molar-refractivity contribution is 0.0635. The summed E-state index contributed by atoms with van der Waals surface area (Å²) in [5, 5.41) is 0. The summed E-state index contributed by atoms with van der Waals surface area (Å²) < 4.78 is 1.08. The smallest absolute Gasteiger partial charge is 0.253 e. The zero-order valence-corrected chi connectivity index (χ0v) is 17.2. The minimum absolute atomic E-state index is 0.149. The van der Waals surface area contributed by atoms with E-state index in [9.17, 15) is 4.79 Å². The normalized spacial score (nSPS) is 24.8. The molecular formula is C23H26N4OS. The second-order valence-corrected chi connectivity index (χ2v) is 9.08. The summed E-state index contributed by atoms with van der Waals surface area (Å²) in [4.78, 5) is 19.5. The van der Waals surface area contributed by atoms with Gasteiger partial charge in [-0.25, -0.2) is 4.98 Å². The van der Waals surface area contributed by atoms with Crippen molar-refractivity contribution in [2.75, 3.05) is 19.6 Å². The molecule has 1 aromatic heterocycles. The van der Waals surface area contributed by atoms with Crippen molar-refractivity contribution in [3.63, 3.8) is 0 Å². The Morgan fingerprint density at radius 3 is 3.00 bits per heavy atom. The highest BCUT2D eigenvalue weighted by molar-refractivity contribution is 7.16. The number of benzene rings is 2. The number of hydrogen-bond acceptors (Lipinski definition) is 5. The predicted octanol–water partition coefficient (Wildman–Crippen LogP) is 3.48. The van der Waals surface area contributed by atoms with E-state index in [0.29, 0.717) is 17.9 Å². The van der Waals surface area contributed by atoms with Crippen molar-refractivity contribution in [3.8, 4) is 0 Å². The molecule has 2 aromatic carbocycles. The second-order valence-electron chi connectivity index (χ2n) is 8.19. The molecule has 3 aromatic rings. The summed E-state index contributed by atoms with van der Waals surface area (Å²) in [6.07, 6.45) is 3.30. The standard InChI is InChI=1S/C23H26N4OS/c28-23(17-8-9-20-21(12-17)29-15-24-20)27-10-4-7-18(14-27)22-19(13-25-26-22)11-16-5-2-1-3-6-16/h1-3,5-6,8-9,12,15,18-19,22,25-26H,4,7,10-11,13-14H2. The topological polar surface area (TPSA) is 57.3 Å². The molecule has 2 aliphatic rings. The minimum atomic E-state index is 0.149. The van der Waals surface area contributed by atoms with Gasteiger partial charge in [-0.2, -0.15) is 0 Å². The molecule has 2 N–H and O–H groups in total. The fourth-order valence-electron chi connectivity index (χ4n) is 4.83. The van der Waals surface area contributed by atoms with Gasteiger partial charge in [-0.15, -0.1) is 11.3 Å². The maximum Gasteiger partial charge on any atom is 0.253 e. The van der Waals surface area contributed by atoms with Gasteiger partial charge < -0.3 is 4.90 Å². The molecule has 0 bridgehead atoms. The molecule has 1 amide bonds. The lowest BCUT2D eigenvalue weighted by Gasteiger charge is -2.37. The van der Waals surface area contributed by atoms with Crippen LogP contribution in [0, 0.1) is 11.8 Å². The van der Waals surface area contributed by atoms with Gasteiger partial charge >= 0.3 is 0 Å². The highest BCUT2D eigenvalue weighted by Crippen LogP contribution is 2.29. The Morgan fingerprint density at radius 2 is 2.10 bits per heavy atom. The molecule has 6 heteroatoms. The Hall–Kier alpha value is -2.28. The second kappa shape index (κ2) is 8.22. The van der Waals surface area contributed by atoms with E-state index >= 15 is 0 Å². The lowest BCUT2D eigenvalue weighted by Crippen LogP contribution is -2.48. The molecule has 0 aliphatic carbocycles. The maximum absolute atomic E-state index is 13.2. The van der Waals surface area contributed by atoms with Crippen molar-refractivity contribution in [2.45, 2.75) is 25.3 Å². The summed E-state index contributed by atoms with van der Waals surface area (Å²) in [6.45, 7) is 2.65. The van der Waals surface area contributed by atoms with Crippen LogP contribution in [0.5, 0.6) is 0 Å². The number of nitrogens with one attached hydrogen (secondary N) is 2. The molecule has 5 nitrogen and oxygen atoms in total. The molecule has 3 heterocycles. The highest BCUT2D eigenvalue weighted by atomic mass is 32.1. The van der Waals surface area contributed by atoms with Crippen LogP contribution >= 0.6 is 11.3 Å². The summed E-state index contributed by atoms with van der Waals surface area (Å²) in [7, 11) is 0. The highest BCUT2D eigenvalue weighted by Gasteiger charge is 2.37. The molecule has 2 fully saturated rings. The Bertz CT molecular complexity index is 989. The summed E-state index contributed by atoms with van der Waals surface area (Å²) in [5.74, 6) is 1.17. The molecule has 3 atom stereocenters. The number of amides is 1. The van der Waals surface area contributed by atoms with Crippen molar-refractivity contribution in [3.05, 3.63) is 65.2 Å². The SMILES string of the molecule is O=C(c1ccc2ncsc2c1)N1CCCC(C2NNCC2Cc2ccccc2)C1. The van der Waals surface area contributed by atoms with Crippen molar-refractivity contribution in [1.82, 2.24) is 20.7 Å². The number of piperidine rings is 1. The van der Waals surface area contributed by atoms with Crippen LogP contribution in [0.2, 0.25) is 0 Å². The van der Waals surface area contributed by atoms with Crippen molar-refractivity contribution >= 4 is 27.5 Å². The molecule has 3 unspecified atom stereocenters. The molecule has 150 valence electrons. The quantitative estimate of drug-likeness (QED) is 0.696. The van der Waals surface area contributed by atoms with Gasteiger partial charge in [-0.1, -0.05) is 30.3 Å². The Kier molecular flexibility index (Phi) is 5.31. The fraction of sp³-hybridized carbons (Fsp3) is 0.391. The van der Waals surface area contributed by atoms with Gasteiger partial charge in [0.15, 0.2) is 0 Å². The zero-order chi connectivity index (χ0) is 19.6. The first-order valence-corrected chi connectivity index (χ1v) is 11.3. The van der Waals surface area contributed by atoms with Gasteiger partial charge in [0.05, 0.1) is 15.7 Å². The van der Waals surface area contributed by atoms with Crippen LogP contribution < -0.4 is 10.9 Å². The van der Waals surface area contributed by atoms with E-state index in [1.165, 1.54) is 12.0 Å². The third-order valence-corrected chi connectivity index (χ3v) is 7.10. The van der Waals surface area contributed by atoms with Crippen molar-refractivity contribution < 1.29 is 4.79 Å². The zero-order valence-electron chi connectivity index (χ0n) is 16.4. The third kappa shape index (κ3) is 3.92. The third-order valence-electron chi connectivity index (χ3n) is 6.31. The predicted molar refractivity (Wildman–Crippen MR) is 117 cm³/mol. The van der Waals surface area contributed by atoms with Crippen LogP contribution in [-0.4, -0.2) is 41.5 Å². The number of carbonyl (C=O) groups is 1. The molecule has 2 aliphatic heterocycles. The largest absolute Gasteiger partial charge is 0.338 e. The van der Waals surface area contributed by atoms with E-state index in [1.807, 2.05) is 23.7 Å². The first-order valence-electron chi connectivity index (χ1n) is 10.4. The number of nitrogens with zero attached hydrogens (tertiary/aromatic N) is 2. The van der Waals surface area contributed by atoms with Crippen LogP contribution in [0.15, 0.2) is 54.0 Å². The maximum atomic E-state index is 13.2. The average molecular weight is 407 g/mol. The van der Waals surface area contributed by atoms with E-state index in [4.69, 9.17) is 0 Å². The van der Waals surface area contributed by atoms with Crippen molar-refractivity contribution in [1.29, 1.82) is 0 Å². The Balaban J connectivity index is 1.28. The number of hydrogen-bond donors (Lipinski definition) is 2. The Labute approximate surface area is 175 Å². The molecule has 29 heavy (non-hydrogen) atoms. The van der Waals surface area contributed by atoms with Gasteiger partial charge in [0, 0.05) is 31.2 Å². The number of aromatic nitrogens is 1. The summed E-state index contributed by atoms with van der Waals surface area (Å²) in [6, 6.07) is 17.0. The van der Waals surface area contributed by atoms with Crippen LogP contribution in [0.4, 0.5) is 0 Å². The first-order chi connectivity index (χ1) is 14.3. The van der Waals surface area contributed by atoms with E-state index in [-0.39, 0.29) is 5.91 Å². The number of fused-ring (bicyclic) bond motifs is 1. The molecule has 0 radical (unpaired) electrons.